The van der Waals surface area contributed by atoms with Gasteiger partial charge in [0.1, 0.15) is 0 Å². The zero-order valence-electron chi connectivity index (χ0n) is 15.4. The SMILES string of the molecule is CC(C)c1ccc(N2C[C@@H](C(=O)N(C)Cc3cnccn3)CC2=O)cc1. The highest BCUT2D eigenvalue weighted by molar-refractivity contribution is 6.00. The number of hydrogen-bond acceptors (Lipinski definition) is 4. The fourth-order valence-electron chi connectivity index (χ4n) is 3.21. The molecule has 0 spiro atoms. The van der Waals surface area contributed by atoms with Gasteiger partial charge in [0.25, 0.3) is 0 Å². The molecule has 1 fully saturated rings. The molecule has 1 atom stereocenters. The molecule has 0 saturated carbocycles. The standard InChI is InChI=1S/C20H24N4O2/c1-14(2)15-4-6-18(7-5-15)24-12-16(10-19(24)25)20(26)23(3)13-17-11-21-8-9-22-17/h4-9,11,14,16H,10,12-13H2,1-3H3/t16-/m0/s1. The topological polar surface area (TPSA) is 66.4 Å². The van der Waals surface area contributed by atoms with Gasteiger partial charge in [0.2, 0.25) is 11.8 Å². The zero-order chi connectivity index (χ0) is 18.7. The van der Waals surface area contributed by atoms with Crippen LogP contribution >= 0.6 is 0 Å². The Hall–Kier alpha value is -2.76. The molecule has 1 aliphatic rings. The molecular weight excluding hydrogens is 328 g/mol. The van der Waals surface area contributed by atoms with Crippen LogP contribution in [0.4, 0.5) is 5.69 Å². The molecule has 136 valence electrons. The minimum Gasteiger partial charge on any atom is -0.339 e. The van der Waals surface area contributed by atoms with E-state index in [4.69, 9.17) is 0 Å². The highest BCUT2D eigenvalue weighted by Gasteiger charge is 2.36. The van der Waals surface area contributed by atoms with Crippen molar-refractivity contribution in [3.8, 4) is 0 Å². The van der Waals surface area contributed by atoms with Crippen molar-refractivity contribution in [3.05, 3.63) is 54.1 Å². The summed E-state index contributed by atoms with van der Waals surface area (Å²) in [6, 6.07) is 8.01. The lowest BCUT2D eigenvalue weighted by atomic mass is 10.0. The van der Waals surface area contributed by atoms with Crippen molar-refractivity contribution in [1.82, 2.24) is 14.9 Å². The van der Waals surface area contributed by atoms with Crippen molar-refractivity contribution in [2.24, 2.45) is 5.92 Å². The number of aromatic nitrogens is 2. The Bertz CT molecular complexity index is 774. The molecule has 2 amide bonds. The Labute approximate surface area is 153 Å². The Kier molecular flexibility index (Phi) is 5.30. The molecule has 6 nitrogen and oxygen atoms in total. The maximum Gasteiger partial charge on any atom is 0.228 e. The van der Waals surface area contributed by atoms with Crippen molar-refractivity contribution in [3.63, 3.8) is 0 Å². The van der Waals surface area contributed by atoms with E-state index in [0.717, 1.165) is 11.4 Å². The number of anilines is 1. The Morgan fingerprint density at radius 1 is 1.27 bits per heavy atom. The summed E-state index contributed by atoms with van der Waals surface area (Å²) in [6.07, 6.45) is 5.10. The van der Waals surface area contributed by atoms with Crippen LogP contribution in [0, 0.1) is 5.92 Å². The molecule has 3 rings (SSSR count). The lowest BCUT2D eigenvalue weighted by Gasteiger charge is -2.21. The van der Waals surface area contributed by atoms with Gasteiger partial charge in [-0.1, -0.05) is 26.0 Å². The van der Waals surface area contributed by atoms with E-state index < -0.39 is 0 Å². The fourth-order valence-corrected chi connectivity index (χ4v) is 3.21. The maximum atomic E-state index is 12.7. The summed E-state index contributed by atoms with van der Waals surface area (Å²) >= 11 is 0. The smallest absolute Gasteiger partial charge is 0.228 e. The van der Waals surface area contributed by atoms with Crippen LogP contribution in [0.3, 0.4) is 0 Å². The third-order valence-electron chi connectivity index (χ3n) is 4.74. The Morgan fingerprint density at radius 3 is 2.62 bits per heavy atom. The lowest BCUT2D eigenvalue weighted by molar-refractivity contribution is -0.135. The van der Waals surface area contributed by atoms with Crippen molar-refractivity contribution in [2.45, 2.75) is 32.7 Å². The summed E-state index contributed by atoms with van der Waals surface area (Å²) in [5.74, 6) is 0.0789. The van der Waals surface area contributed by atoms with Crippen LogP contribution < -0.4 is 4.90 Å². The Balaban J connectivity index is 1.65. The molecular formula is C20H24N4O2. The third kappa shape index (κ3) is 3.90. The summed E-state index contributed by atoms with van der Waals surface area (Å²) in [5, 5.41) is 0. The summed E-state index contributed by atoms with van der Waals surface area (Å²) in [6.45, 7) is 5.08. The predicted molar refractivity (Wildman–Crippen MR) is 99.5 cm³/mol. The molecule has 1 aromatic heterocycles. The van der Waals surface area contributed by atoms with Gasteiger partial charge in [0, 0.05) is 38.1 Å². The van der Waals surface area contributed by atoms with Crippen LogP contribution in [0.15, 0.2) is 42.9 Å². The number of nitrogens with zero attached hydrogens (tertiary/aromatic N) is 4. The van der Waals surface area contributed by atoms with E-state index in [1.165, 1.54) is 5.56 Å². The van der Waals surface area contributed by atoms with Gasteiger partial charge in [-0.15, -0.1) is 0 Å². The van der Waals surface area contributed by atoms with E-state index in [2.05, 4.69) is 23.8 Å². The largest absolute Gasteiger partial charge is 0.339 e. The number of benzene rings is 1. The summed E-state index contributed by atoms with van der Waals surface area (Å²) in [4.78, 5) is 36.7. The molecule has 0 N–H and O–H groups in total. The molecule has 26 heavy (non-hydrogen) atoms. The number of rotatable bonds is 5. The molecule has 2 heterocycles. The van der Waals surface area contributed by atoms with E-state index in [1.54, 1.807) is 35.4 Å². The zero-order valence-corrected chi connectivity index (χ0v) is 15.4. The van der Waals surface area contributed by atoms with Crippen LogP contribution in [0.1, 0.15) is 37.4 Å². The molecule has 6 heteroatoms. The van der Waals surface area contributed by atoms with Crippen LogP contribution in [0.5, 0.6) is 0 Å². The third-order valence-corrected chi connectivity index (χ3v) is 4.74. The van der Waals surface area contributed by atoms with Gasteiger partial charge < -0.3 is 9.80 Å². The van der Waals surface area contributed by atoms with Crippen LogP contribution in [0.2, 0.25) is 0 Å². The molecule has 0 aliphatic carbocycles. The summed E-state index contributed by atoms with van der Waals surface area (Å²) < 4.78 is 0. The van der Waals surface area contributed by atoms with Crippen molar-refractivity contribution in [1.29, 1.82) is 0 Å². The van der Waals surface area contributed by atoms with Gasteiger partial charge in [0.05, 0.1) is 24.4 Å². The second kappa shape index (κ2) is 7.64. The van der Waals surface area contributed by atoms with Crippen LogP contribution in [-0.4, -0.2) is 40.3 Å². The van der Waals surface area contributed by atoms with E-state index in [0.29, 0.717) is 19.0 Å². The first-order valence-electron chi connectivity index (χ1n) is 8.86. The summed E-state index contributed by atoms with van der Waals surface area (Å²) in [7, 11) is 1.74. The minimum absolute atomic E-state index is 0.00597. The van der Waals surface area contributed by atoms with Gasteiger partial charge in [-0.2, -0.15) is 0 Å². The molecule has 0 unspecified atom stereocenters. The number of carbonyl (C=O) groups is 2. The molecule has 1 saturated heterocycles. The average Bonchev–Trinajstić information content (AvgIpc) is 3.03. The second-order valence-electron chi connectivity index (χ2n) is 7.04. The van der Waals surface area contributed by atoms with E-state index in [1.807, 2.05) is 24.3 Å². The fraction of sp³-hybridized carbons (Fsp3) is 0.400. The van der Waals surface area contributed by atoms with Gasteiger partial charge in [-0.05, 0) is 23.6 Å². The minimum atomic E-state index is -0.325. The van der Waals surface area contributed by atoms with Crippen molar-refractivity contribution >= 4 is 17.5 Å². The highest BCUT2D eigenvalue weighted by atomic mass is 16.2. The van der Waals surface area contributed by atoms with Gasteiger partial charge in [-0.25, -0.2) is 0 Å². The second-order valence-corrected chi connectivity index (χ2v) is 7.04. The first-order chi connectivity index (χ1) is 12.5. The van der Waals surface area contributed by atoms with Crippen LogP contribution in [-0.2, 0) is 16.1 Å². The summed E-state index contributed by atoms with van der Waals surface area (Å²) in [5.41, 5.74) is 2.82. The van der Waals surface area contributed by atoms with Crippen molar-refractivity contribution < 1.29 is 9.59 Å². The number of amides is 2. The maximum absolute atomic E-state index is 12.7. The predicted octanol–water partition coefficient (Wildman–Crippen LogP) is 2.61. The van der Waals surface area contributed by atoms with E-state index >= 15 is 0 Å². The quantitative estimate of drug-likeness (QED) is 0.830. The van der Waals surface area contributed by atoms with Crippen LogP contribution in [0.25, 0.3) is 0 Å². The molecule has 2 aromatic rings. The molecule has 1 aromatic carbocycles. The lowest BCUT2D eigenvalue weighted by Crippen LogP contribution is -2.34. The first-order valence-corrected chi connectivity index (χ1v) is 8.86. The van der Waals surface area contributed by atoms with Crippen molar-refractivity contribution in [2.75, 3.05) is 18.5 Å². The number of carbonyl (C=O) groups excluding carboxylic acids is 2. The molecule has 1 aliphatic heterocycles. The number of hydrogen-bond donors (Lipinski definition) is 0. The molecule has 0 radical (unpaired) electrons. The highest BCUT2D eigenvalue weighted by Crippen LogP contribution is 2.27. The van der Waals surface area contributed by atoms with Gasteiger partial charge in [-0.3, -0.25) is 19.6 Å². The Morgan fingerprint density at radius 2 is 2.00 bits per heavy atom. The molecule has 0 bridgehead atoms. The normalized spacial score (nSPS) is 17.0. The average molecular weight is 352 g/mol. The van der Waals surface area contributed by atoms with Gasteiger partial charge in [0.15, 0.2) is 0 Å². The monoisotopic (exact) mass is 352 g/mol. The van der Waals surface area contributed by atoms with Gasteiger partial charge >= 0.3 is 0 Å². The van der Waals surface area contributed by atoms with E-state index in [9.17, 15) is 9.59 Å². The first kappa shape index (κ1) is 18.0. The van der Waals surface area contributed by atoms with E-state index in [-0.39, 0.29) is 24.2 Å².